The van der Waals surface area contributed by atoms with E-state index >= 15 is 0 Å². The standard InChI is InChI=1S/C21H21N3O5S/c1-13-6-4-5-7-17(13)29-14(2)20(27)22-24-19(26)12-18(25)23(21(24)30)15-8-10-16(28-3)11-9-15/h4-11,14H,12H2,1-3H3,(H,22,27). The second-order valence-corrected chi connectivity index (χ2v) is 6.98. The van der Waals surface area contributed by atoms with Gasteiger partial charge in [0.25, 0.3) is 11.8 Å². The Hall–Kier alpha value is -3.46. The van der Waals surface area contributed by atoms with Gasteiger partial charge in [-0.1, -0.05) is 18.2 Å². The average Bonchev–Trinajstić information content (AvgIpc) is 2.73. The van der Waals surface area contributed by atoms with Crippen molar-refractivity contribution in [3.63, 3.8) is 0 Å². The van der Waals surface area contributed by atoms with E-state index in [-0.39, 0.29) is 5.11 Å². The molecule has 1 atom stereocenters. The molecule has 1 heterocycles. The highest BCUT2D eigenvalue weighted by molar-refractivity contribution is 7.80. The Morgan fingerprint density at radius 2 is 1.77 bits per heavy atom. The summed E-state index contributed by atoms with van der Waals surface area (Å²) < 4.78 is 10.8. The van der Waals surface area contributed by atoms with Gasteiger partial charge in [0.1, 0.15) is 17.9 Å². The first-order chi connectivity index (χ1) is 14.3. The fourth-order valence-electron chi connectivity index (χ4n) is 2.83. The van der Waals surface area contributed by atoms with E-state index in [2.05, 4.69) is 5.43 Å². The monoisotopic (exact) mass is 427 g/mol. The lowest BCUT2D eigenvalue weighted by atomic mass is 10.2. The molecular weight excluding hydrogens is 406 g/mol. The number of carbonyl (C=O) groups is 3. The number of thiocarbonyl (C=S) groups is 1. The number of nitrogens with one attached hydrogen (secondary N) is 1. The van der Waals surface area contributed by atoms with E-state index in [0.29, 0.717) is 17.2 Å². The van der Waals surface area contributed by atoms with Crippen LogP contribution >= 0.6 is 12.2 Å². The highest BCUT2D eigenvalue weighted by atomic mass is 32.1. The van der Waals surface area contributed by atoms with Crippen LogP contribution in [0.15, 0.2) is 48.5 Å². The Labute approximate surface area is 179 Å². The second-order valence-electron chi connectivity index (χ2n) is 6.62. The predicted molar refractivity (Wildman–Crippen MR) is 114 cm³/mol. The lowest BCUT2D eigenvalue weighted by molar-refractivity contribution is -0.142. The third kappa shape index (κ3) is 4.41. The van der Waals surface area contributed by atoms with Crippen molar-refractivity contribution in [3.05, 3.63) is 54.1 Å². The van der Waals surface area contributed by atoms with Gasteiger partial charge in [0.05, 0.1) is 12.8 Å². The number of hydrazine groups is 1. The van der Waals surface area contributed by atoms with E-state index in [4.69, 9.17) is 21.7 Å². The Bertz CT molecular complexity index is 992. The molecule has 1 fully saturated rings. The van der Waals surface area contributed by atoms with E-state index in [0.717, 1.165) is 10.6 Å². The maximum absolute atomic E-state index is 12.6. The molecule has 0 aromatic heterocycles. The van der Waals surface area contributed by atoms with Gasteiger partial charge >= 0.3 is 0 Å². The lowest BCUT2D eigenvalue weighted by Gasteiger charge is -2.35. The first-order valence-electron chi connectivity index (χ1n) is 9.18. The molecule has 3 rings (SSSR count). The van der Waals surface area contributed by atoms with Crippen molar-refractivity contribution in [3.8, 4) is 11.5 Å². The molecule has 2 aromatic rings. The molecule has 0 bridgehead atoms. The molecule has 9 heteroatoms. The molecule has 156 valence electrons. The molecule has 1 unspecified atom stereocenters. The molecule has 3 amide bonds. The van der Waals surface area contributed by atoms with E-state index in [9.17, 15) is 14.4 Å². The molecule has 30 heavy (non-hydrogen) atoms. The molecular formula is C21H21N3O5S. The molecule has 1 saturated heterocycles. The molecule has 0 saturated carbocycles. The lowest BCUT2D eigenvalue weighted by Crippen LogP contribution is -2.62. The summed E-state index contributed by atoms with van der Waals surface area (Å²) >= 11 is 5.32. The molecule has 0 radical (unpaired) electrons. The maximum Gasteiger partial charge on any atom is 0.279 e. The number of anilines is 1. The van der Waals surface area contributed by atoms with Crippen LogP contribution in [0.5, 0.6) is 11.5 Å². The van der Waals surface area contributed by atoms with Crippen molar-refractivity contribution in [2.24, 2.45) is 0 Å². The van der Waals surface area contributed by atoms with Crippen LogP contribution < -0.4 is 19.8 Å². The first kappa shape index (κ1) is 21.3. The van der Waals surface area contributed by atoms with Crippen LogP contribution in [0.2, 0.25) is 0 Å². The molecule has 1 aliphatic heterocycles. The number of ether oxygens (including phenoxy) is 2. The van der Waals surface area contributed by atoms with Gasteiger partial charge in [-0.05, 0) is 62.0 Å². The normalized spacial score (nSPS) is 15.1. The van der Waals surface area contributed by atoms with Crippen molar-refractivity contribution in [1.82, 2.24) is 10.4 Å². The summed E-state index contributed by atoms with van der Waals surface area (Å²) in [6, 6.07) is 13.9. The molecule has 2 aromatic carbocycles. The third-order valence-electron chi connectivity index (χ3n) is 4.50. The van der Waals surface area contributed by atoms with Gasteiger partial charge in [-0.15, -0.1) is 0 Å². The largest absolute Gasteiger partial charge is 0.497 e. The number of rotatable bonds is 6. The van der Waals surface area contributed by atoms with Gasteiger partial charge in [-0.2, -0.15) is 5.01 Å². The van der Waals surface area contributed by atoms with Crippen molar-refractivity contribution in [1.29, 1.82) is 0 Å². The first-order valence-corrected chi connectivity index (χ1v) is 9.59. The van der Waals surface area contributed by atoms with Gasteiger partial charge in [-0.3, -0.25) is 24.7 Å². The van der Waals surface area contributed by atoms with Crippen LogP contribution in [0.1, 0.15) is 18.9 Å². The highest BCUT2D eigenvalue weighted by Crippen LogP contribution is 2.24. The summed E-state index contributed by atoms with van der Waals surface area (Å²) in [5, 5.41) is 0.763. The molecule has 0 spiro atoms. The van der Waals surface area contributed by atoms with Crippen LogP contribution in [0.25, 0.3) is 0 Å². The van der Waals surface area contributed by atoms with Crippen LogP contribution in [0.4, 0.5) is 5.69 Å². The summed E-state index contributed by atoms with van der Waals surface area (Å²) in [4.78, 5) is 38.6. The van der Waals surface area contributed by atoms with E-state index in [1.165, 1.54) is 12.0 Å². The van der Waals surface area contributed by atoms with E-state index in [1.54, 1.807) is 43.3 Å². The number of aryl methyl sites for hydroxylation is 1. The fraction of sp³-hybridized carbons (Fsp3) is 0.238. The van der Waals surface area contributed by atoms with Gasteiger partial charge in [0.15, 0.2) is 6.10 Å². The van der Waals surface area contributed by atoms with Crippen LogP contribution in [-0.4, -0.2) is 41.1 Å². The van der Waals surface area contributed by atoms with Crippen molar-refractivity contribution in [2.45, 2.75) is 26.4 Å². The third-order valence-corrected chi connectivity index (χ3v) is 4.87. The van der Waals surface area contributed by atoms with Gasteiger partial charge in [0.2, 0.25) is 11.0 Å². The smallest absolute Gasteiger partial charge is 0.279 e. The summed E-state index contributed by atoms with van der Waals surface area (Å²) in [6.07, 6.45) is -1.33. The molecule has 8 nitrogen and oxygen atoms in total. The van der Waals surface area contributed by atoms with Gasteiger partial charge in [-0.25, -0.2) is 0 Å². The fourth-order valence-corrected chi connectivity index (χ4v) is 3.19. The molecule has 0 aliphatic carbocycles. The topological polar surface area (TPSA) is 88.2 Å². The summed E-state index contributed by atoms with van der Waals surface area (Å²) in [5.74, 6) is -0.505. The minimum absolute atomic E-state index is 0.141. The van der Waals surface area contributed by atoms with Crippen molar-refractivity contribution >= 4 is 40.7 Å². The molecule has 1 N–H and O–H groups in total. The Kier molecular flexibility index (Phi) is 6.31. The number of benzene rings is 2. The van der Waals surface area contributed by atoms with Crippen LogP contribution in [-0.2, 0) is 14.4 Å². The zero-order valence-electron chi connectivity index (χ0n) is 16.7. The number of nitrogens with zero attached hydrogens (tertiary/aromatic N) is 2. The maximum atomic E-state index is 12.6. The minimum atomic E-state index is -0.895. The second kappa shape index (κ2) is 8.91. The van der Waals surface area contributed by atoms with E-state index in [1.807, 2.05) is 19.1 Å². The predicted octanol–water partition coefficient (Wildman–Crippen LogP) is 2.35. The Morgan fingerprint density at radius 3 is 2.40 bits per heavy atom. The van der Waals surface area contributed by atoms with Gasteiger partial charge in [0, 0.05) is 0 Å². The molecule has 1 aliphatic rings. The summed E-state index contributed by atoms with van der Waals surface area (Å²) in [5.41, 5.74) is 3.79. The SMILES string of the molecule is COc1ccc(N2C(=O)CC(=O)N(NC(=O)C(C)Oc3ccccc3C)C2=S)cc1. The number of amides is 3. The Balaban J connectivity index is 1.74. The number of para-hydroxylation sites is 1. The quantitative estimate of drug-likeness (QED) is 0.563. The zero-order valence-corrected chi connectivity index (χ0v) is 17.6. The summed E-state index contributed by atoms with van der Waals surface area (Å²) in [6.45, 7) is 3.42. The van der Waals surface area contributed by atoms with Crippen molar-refractivity contribution in [2.75, 3.05) is 12.0 Å². The summed E-state index contributed by atoms with van der Waals surface area (Å²) in [7, 11) is 1.53. The number of carbonyl (C=O) groups excluding carboxylic acids is 3. The van der Waals surface area contributed by atoms with Crippen molar-refractivity contribution < 1.29 is 23.9 Å². The van der Waals surface area contributed by atoms with Crippen LogP contribution in [0, 0.1) is 6.92 Å². The number of hydrogen-bond acceptors (Lipinski definition) is 6. The van der Waals surface area contributed by atoms with Crippen LogP contribution in [0.3, 0.4) is 0 Å². The van der Waals surface area contributed by atoms with E-state index < -0.39 is 30.2 Å². The number of methoxy groups -OCH3 is 1. The average molecular weight is 427 g/mol. The highest BCUT2D eigenvalue weighted by Gasteiger charge is 2.37. The van der Waals surface area contributed by atoms with Gasteiger partial charge < -0.3 is 9.47 Å². The Morgan fingerprint density at radius 1 is 1.10 bits per heavy atom. The number of hydrogen-bond donors (Lipinski definition) is 1. The zero-order chi connectivity index (χ0) is 21.8. The minimum Gasteiger partial charge on any atom is -0.497 e.